The molecule has 2 heterocycles. The molecule has 2 aliphatic heterocycles. The summed E-state index contributed by atoms with van der Waals surface area (Å²) < 4.78 is 5.34. The second kappa shape index (κ2) is 7.76. The van der Waals surface area contributed by atoms with Gasteiger partial charge in [-0.2, -0.15) is 0 Å². The first-order chi connectivity index (χ1) is 12.4. The number of amides is 3. The van der Waals surface area contributed by atoms with Crippen LogP contribution in [0, 0.1) is 5.92 Å². The Morgan fingerprint density at radius 3 is 2.65 bits per heavy atom. The van der Waals surface area contributed by atoms with Crippen LogP contribution in [0.5, 0.6) is 5.75 Å². The highest BCUT2D eigenvalue weighted by Crippen LogP contribution is 2.28. The minimum Gasteiger partial charge on any atom is -0.482 e. The maximum absolute atomic E-state index is 12.7. The summed E-state index contributed by atoms with van der Waals surface area (Å²) in [7, 11) is 0. The largest absolute Gasteiger partial charge is 0.482 e. The monoisotopic (exact) mass is 359 g/mol. The quantitative estimate of drug-likeness (QED) is 0.882. The first-order valence-electron chi connectivity index (χ1n) is 9.06. The van der Waals surface area contributed by atoms with E-state index in [1.54, 1.807) is 12.1 Å². The van der Waals surface area contributed by atoms with Crippen molar-refractivity contribution in [1.29, 1.82) is 0 Å². The fraction of sp³-hybridized carbons (Fsp3) is 0.526. The Morgan fingerprint density at radius 2 is 1.88 bits per heavy atom. The Morgan fingerprint density at radius 1 is 1.15 bits per heavy atom. The molecule has 0 atom stereocenters. The normalized spacial score (nSPS) is 17.3. The Bertz CT molecular complexity index is 717. The summed E-state index contributed by atoms with van der Waals surface area (Å²) in [5, 5.41) is 2.76. The molecule has 3 amide bonds. The fourth-order valence-electron chi connectivity index (χ4n) is 3.28. The van der Waals surface area contributed by atoms with E-state index in [9.17, 15) is 14.4 Å². The van der Waals surface area contributed by atoms with Gasteiger partial charge in [0.2, 0.25) is 11.8 Å². The number of anilines is 1. The van der Waals surface area contributed by atoms with Crippen LogP contribution in [0.15, 0.2) is 18.2 Å². The highest BCUT2D eigenvalue weighted by atomic mass is 16.5. The standard InChI is InChI=1S/C19H25N3O4/c1-13(2)19(25)22-7-3-6-21(8-9-22)18(24)11-14-4-5-16-15(10-14)20-17(23)12-26-16/h4-5,10,13H,3,6-9,11-12H2,1-2H3,(H,20,23). The van der Waals surface area contributed by atoms with Gasteiger partial charge in [-0.25, -0.2) is 0 Å². The highest BCUT2D eigenvalue weighted by molar-refractivity contribution is 5.95. The van der Waals surface area contributed by atoms with Gasteiger partial charge in [-0.05, 0) is 24.1 Å². The molecule has 3 rings (SSSR count). The minimum atomic E-state index is -0.191. The van der Waals surface area contributed by atoms with E-state index >= 15 is 0 Å². The lowest BCUT2D eigenvalue weighted by atomic mass is 10.1. The van der Waals surface area contributed by atoms with Gasteiger partial charge in [-0.1, -0.05) is 19.9 Å². The Hall–Kier alpha value is -2.57. The summed E-state index contributed by atoms with van der Waals surface area (Å²) in [5.74, 6) is 0.587. The molecule has 140 valence electrons. The van der Waals surface area contributed by atoms with Gasteiger partial charge in [0, 0.05) is 32.1 Å². The third-order valence-electron chi connectivity index (χ3n) is 4.69. The Kier molecular flexibility index (Phi) is 5.44. The summed E-state index contributed by atoms with van der Waals surface area (Å²) in [6.45, 7) is 6.31. The molecule has 0 saturated carbocycles. The van der Waals surface area contributed by atoms with Gasteiger partial charge < -0.3 is 19.9 Å². The molecule has 26 heavy (non-hydrogen) atoms. The molecule has 0 aromatic heterocycles. The van der Waals surface area contributed by atoms with Crippen molar-refractivity contribution in [3.63, 3.8) is 0 Å². The van der Waals surface area contributed by atoms with E-state index in [0.29, 0.717) is 37.6 Å². The van der Waals surface area contributed by atoms with Crippen molar-refractivity contribution in [1.82, 2.24) is 9.80 Å². The number of nitrogens with one attached hydrogen (secondary N) is 1. The summed E-state index contributed by atoms with van der Waals surface area (Å²) in [6, 6.07) is 5.42. The number of rotatable bonds is 3. The molecule has 2 aliphatic rings. The molecule has 1 aromatic carbocycles. The van der Waals surface area contributed by atoms with Crippen LogP contribution in [-0.4, -0.2) is 60.3 Å². The highest BCUT2D eigenvalue weighted by Gasteiger charge is 2.24. The Labute approximate surface area is 153 Å². The van der Waals surface area contributed by atoms with E-state index in [4.69, 9.17) is 4.74 Å². The third-order valence-corrected chi connectivity index (χ3v) is 4.69. The number of hydrogen-bond acceptors (Lipinski definition) is 4. The molecular formula is C19H25N3O4. The molecule has 7 heteroatoms. The van der Waals surface area contributed by atoms with Crippen LogP contribution in [0.4, 0.5) is 5.69 Å². The second-order valence-electron chi connectivity index (χ2n) is 7.06. The zero-order valence-electron chi connectivity index (χ0n) is 15.3. The second-order valence-corrected chi connectivity index (χ2v) is 7.06. The maximum Gasteiger partial charge on any atom is 0.262 e. The van der Waals surface area contributed by atoms with Crippen LogP contribution in [0.1, 0.15) is 25.8 Å². The van der Waals surface area contributed by atoms with E-state index in [1.807, 2.05) is 29.7 Å². The van der Waals surface area contributed by atoms with Crippen LogP contribution in [0.3, 0.4) is 0 Å². The first-order valence-corrected chi connectivity index (χ1v) is 9.06. The van der Waals surface area contributed by atoms with Crippen LogP contribution in [-0.2, 0) is 20.8 Å². The average Bonchev–Trinajstić information content (AvgIpc) is 2.86. The van der Waals surface area contributed by atoms with Crippen molar-refractivity contribution < 1.29 is 19.1 Å². The van der Waals surface area contributed by atoms with Crippen LogP contribution >= 0.6 is 0 Å². The Balaban J connectivity index is 1.61. The van der Waals surface area contributed by atoms with Crippen LogP contribution in [0.25, 0.3) is 0 Å². The van der Waals surface area contributed by atoms with Gasteiger partial charge in [0.1, 0.15) is 5.75 Å². The molecule has 0 radical (unpaired) electrons. The SMILES string of the molecule is CC(C)C(=O)N1CCCN(C(=O)Cc2ccc3c(c2)NC(=O)CO3)CC1. The zero-order valence-corrected chi connectivity index (χ0v) is 15.3. The number of fused-ring (bicyclic) bond motifs is 1. The van der Waals surface area contributed by atoms with Crippen molar-refractivity contribution in [3.8, 4) is 5.75 Å². The summed E-state index contributed by atoms with van der Waals surface area (Å²) in [4.78, 5) is 39.9. The van der Waals surface area contributed by atoms with Crippen LogP contribution < -0.4 is 10.1 Å². The molecule has 1 N–H and O–H groups in total. The molecule has 1 saturated heterocycles. The van der Waals surface area contributed by atoms with E-state index in [-0.39, 0.29) is 36.7 Å². The smallest absolute Gasteiger partial charge is 0.262 e. The number of benzene rings is 1. The third kappa shape index (κ3) is 4.15. The fourth-order valence-corrected chi connectivity index (χ4v) is 3.28. The number of nitrogens with zero attached hydrogens (tertiary/aromatic N) is 2. The van der Waals surface area contributed by atoms with Gasteiger partial charge in [0.25, 0.3) is 5.91 Å². The van der Waals surface area contributed by atoms with Gasteiger partial charge in [0.15, 0.2) is 6.61 Å². The van der Waals surface area contributed by atoms with Gasteiger partial charge in [0.05, 0.1) is 12.1 Å². The molecule has 0 unspecified atom stereocenters. The van der Waals surface area contributed by atoms with Crippen LogP contribution in [0.2, 0.25) is 0 Å². The molecule has 7 nitrogen and oxygen atoms in total. The average molecular weight is 359 g/mol. The van der Waals surface area contributed by atoms with Crippen molar-refractivity contribution in [3.05, 3.63) is 23.8 Å². The number of carbonyl (C=O) groups is 3. The molecule has 0 aliphatic carbocycles. The molecule has 1 fully saturated rings. The van der Waals surface area contributed by atoms with Gasteiger partial charge in [-0.3, -0.25) is 14.4 Å². The summed E-state index contributed by atoms with van der Waals surface area (Å²) in [6.07, 6.45) is 1.06. The molecular weight excluding hydrogens is 334 g/mol. The summed E-state index contributed by atoms with van der Waals surface area (Å²) in [5.41, 5.74) is 1.44. The number of hydrogen-bond donors (Lipinski definition) is 1. The van der Waals surface area contributed by atoms with Crippen molar-refractivity contribution in [2.24, 2.45) is 5.92 Å². The minimum absolute atomic E-state index is 0.0185. The molecule has 1 aromatic rings. The number of ether oxygens (including phenoxy) is 1. The lowest BCUT2D eigenvalue weighted by Gasteiger charge is -2.24. The number of carbonyl (C=O) groups excluding carboxylic acids is 3. The summed E-state index contributed by atoms with van der Waals surface area (Å²) >= 11 is 0. The van der Waals surface area contributed by atoms with E-state index in [2.05, 4.69) is 5.32 Å². The molecule has 0 bridgehead atoms. The predicted octanol–water partition coefficient (Wildman–Crippen LogP) is 1.28. The van der Waals surface area contributed by atoms with Crippen molar-refractivity contribution >= 4 is 23.4 Å². The lowest BCUT2D eigenvalue weighted by Crippen LogP contribution is -2.39. The topological polar surface area (TPSA) is 79.0 Å². The zero-order chi connectivity index (χ0) is 18.7. The van der Waals surface area contributed by atoms with E-state index in [0.717, 1.165) is 12.0 Å². The maximum atomic E-state index is 12.7. The predicted molar refractivity (Wildman–Crippen MR) is 96.9 cm³/mol. The van der Waals surface area contributed by atoms with Crippen molar-refractivity contribution in [2.75, 3.05) is 38.1 Å². The van der Waals surface area contributed by atoms with E-state index in [1.165, 1.54) is 0 Å². The molecule has 0 spiro atoms. The first kappa shape index (κ1) is 18.2. The van der Waals surface area contributed by atoms with E-state index < -0.39 is 0 Å². The van der Waals surface area contributed by atoms with Gasteiger partial charge in [-0.15, -0.1) is 0 Å². The van der Waals surface area contributed by atoms with Crippen molar-refractivity contribution in [2.45, 2.75) is 26.7 Å². The lowest BCUT2D eigenvalue weighted by molar-refractivity contribution is -0.135. The van der Waals surface area contributed by atoms with Gasteiger partial charge >= 0.3 is 0 Å².